The average Bonchev–Trinajstić information content (AvgIpc) is 3.16. The Morgan fingerprint density at radius 1 is 1.00 bits per heavy atom. The average molecular weight is 431 g/mol. The third-order valence-electron chi connectivity index (χ3n) is 4.49. The van der Waals surface area contributed by atoms with Crippen LogP contribution in [-0.4, -0.2) is 28.4 Å². The van der Waals surface area contributed by atoms with Gasteiger partial charge in [0.2, 0.25) is 0 Å². The minimum atomic E-state index is -3.66. The van der Waals surface area contributed by atoms with E-state index in [-0.39, 0.29) is 17.1 Å². The summed E-state index contributed by atoms with van der Waals surface area (Å²) in [5.74, 6) is -1.71. The molecule has 0 atom stereocenters. The molecular weight excluding hydrogens is 407 g/mol. The first-order valence-corrected chi connectivity index (χ1v) is 11.1. The molecule has 0 fully saturated rings. The van der Waals surface area contributed by atoms with Crippen molar-refractivity contribution in [3.8, 4) is 0 Å². The van der Waals surface area contributed by atoms with E-state index in [1.165, 1.54) is 30.3 Å². The van der Waals surface area contributed by atoms with Crippen LogP contribution in [-0.2, 0) is 27.9 Å². The fourth-order valence-electron chi connectivity index (χ4n) is 2.88. The highest BCUT2D eigenvalue weighted by atomic mass is 32.2. The van der Waals surface area contributed by atoms with Crippen molar-refractivity contribution in [1.82, 2.24) is 5.32 Å². The van der Waals surface area contributed by atoms with E-state index in [0.29, 0.717) is 6.54 Å². The number of sulfone groups is 1. The topological polar surface area (TPSA) is 79.6 Å². The first kappa shape index (κ1) is 21.6. The molecule has 0 aliphatic heterocycles. The van der Waals surface area contributed by atoms with Crippen LogP contribution in [0.2, 0.25) is 0 Å². The molecule has 0 spiro atoms. The lowest BCUT2D eigenvalue weighted by Gasteiger charge is -2.12. The number of benzene rings is 2. The van der Waals surface area contributed by atoms with Gasteiger partial charge < -0.3 is 14.6 Å². The lowest BCUT2D eigenvalue weighted by atomic mass is 10.2. The van der Waals surface area contributed by atoms with Crippen molar-refractivity contribution in [2.24, 2.45) is 0 Å². The summed E-state index contributed by atoms with van der Waals surface area (Å²) in [5.41, 5.74) is 2.08. The molecule has 6 nitrogen and oxygen atoms in total. The van der Waals surface area contributed by atoms with Crippen molar-refractivity contribution in [3.05, 3.63) is 89.1 Å². The maximum atomic E-state index is 13.7. The Bertz CT molecular complexity index is 1120. The van der Waals surface area contributed by atoms with E-state index >= 15 is 0 Å². The second-order valence-electron chi connectivity index (χ2n) is 7.13. The molecule has 1 aromatic heterocycles. The maximum absolute atomic E-state index is 13.7. The highest BCUT2D eigenvalue weighted by Crippen LogP contribution is 2.17. The van der Waals surface area contributed by atoms with Crippen LogP contribution in [0.1, 0.15) is 27.4 Å². The smallest absolute Gasteiger partial charge is 0.287 e. The Kier molecular flexibility index (Phi) is 6.56. The molecule has 3 aromatic rings. The van der Waals surface area contributed by atoms with E-state index in [9.17, 15) is 17.6 Å². The highest BCUT2D eigenvalue weighted by molar-refractivity contribution is 7.89. The summed E-state index contributed by atoms with van der Waals surface area (Å²) in [6.07, 6.45) is 0. The first-order chi connectivity index (χ1) is 14.2. The number of hydrogen-bond donors (Lipinski definition) is 1. The fraction of sp³-hybridized carbons (Fsp3) is 0.227. The zero-order valence-electron chi connectivity index (χ0n) is 16.8. The molecule has 8 heteroatoms. The van der Waals surface area contributed by atoms with Crippen LogP contribution in [0.5, 0.6) is 0 Å². The van der Waals surface area contributed by atoms with Gasteiger partial charge in [-0.05, 0) is 35.9 Å². The summed E-state index contributed by atoms with van der Waals surface area (Å²) in [4.78, 5) is 14.3. The summed E-state index contributed by atoms with van der Waals surface area (Å²) in [7, 11) is 0.234. The Balaban J connectivity index is 1.58. The van der Waals surface area contributed by atoms with Crippen molar-refractivity contribution < 1.29 is 22.0 Å². The second kappa shape index (κ2) is 9.13. The van der Waals surface area contributed by atoms with Gasteiger partial charge in [0.25, 0.3) is 5.91 Å². The summed E-state index contributed by atoms with van der Waals surface area (Å²) in [6.45, 7) is 0.314. The number of carbonyl (C=O) groups excluding carboxylic acids is 1. The Labute approximate surface area is 175 Å². The summed E-state index contributed by atoms with van der Waals surface area (Å²) < 4.78 is 43.8. The van der Waals surface area contributed by atoms with Crippen molar-refractivity contribution in [2.45, 2.75) is 18.1 Å². The summed E-state index contributed by atoms with van der Waals surface area (Å²) in [5, 5.41) is 2.74. The summed E-state index contributed by atoms with van der Waals surface area (Å²) >= 11 is 0. The standard InChI is InChI=1S/C22H23FN2O4S/c1-25(2)18-9-7-16(8-10-18)13-24-22(26)21-12-11-19(29-21)15-30(27,28)14-17-5-3-4-6-20(17)23/h3-12H,13-15H2,1-2H3,(H,24,26). The molecule has 1 N–H and O–H groups in total. The number of nitrogens with zero attached hydrogens (tertiary/aromatic N) is 1. The predicted octanol–water partition coefficient (Wildman–Crippen LogP) is 3.53. The van der Waals surface area contributed by atoms with Gasteiger partial charge in [-0.25, -0.2) is 12.8 Å². The van der Waals surface area contributed by atoms with Gasteiger partial charge in [-0.15, -0.1) is 0 Å². The number of carbonyl (C=O) groups is 1. The number of amides is 1. The quantitative estimate of drug-likeness (QED) is 0.591. The van der Waals surface area contributed by atoms with Gasteiger partial charge in [-0.2, -0.15) is 0 Å². The molecule has 2 aromatic carbocycles. The molecular formula is C22H23FN2O4S. The van der Waals surface area contributed by atoms with Crippen LogP contribution in [0.4, 0.5) is 10.1 Å². The molecule has 0 saturated carbocycles. The largest absolute Gasteiger partial charge is 0.455 e. The van der Waals surface area contributed by atoms with Crippen LogP contribution >= 0.6 is 0 Å². The van der Waals surface area contributed by atoms with Crippen LogP contribution in [0, 0.1) is 5.82 Å². The zero-order valence-corrected chi connectivity index (χ0v) is 17.6. The first-order valence-electron chi connectivity index (χ1n) is 9.30. The van der Waals surface area contributed by atoms with Crippen LogP contribution < -0.4 is 10.2 Å². The monoisotopic (exact) mass is 430 g/mol. The van der Waals surface area contributed by atoms with Crippen LogP contribution in [0.15, 0.2) is 65.1 Å². The third-order valence-corrected chi connectivity index (χ3v) is 5.96. The second-order valence-corrected chi connectivity index (χ2v) is 9.20. The fourth-order valence-corrected chi connectivity index (χ4v) is 4.28. The molecule has 0 saturated heterocycles. The van der Waals surface area contributed by atoms with Gasteiger partial charge in [-0.3, -0.25) is 4.79 Å². The van der Waals surface area contributed by atoms with Crippen molar-refractivity contribution in [2.75, 3.05) is 19.0 Å². The molecule has 0 unspecified atom stereocenters. The Hall–Kier alpha value is -3.13. The van der Waals surface area contributed by atoms with Crippen molar-refractivity contribution in [1.29, 1.82) is 0 Å². The van der Waals surface area contributed by atoms with E-state index in [4.69, 9.17) is 4.42 Å². The van der Waals surface area contributed by atoms with Gasteiger partial charge in [0.15, 0.2) is 15.6 Å². The van der Waals surface area contributed by atoms with Gasteiger partial charge >= 0.3 is 0 Å². The third kappa shape index (κ3) is 5.70. The zero-order chi connectivity index (χ0) is 21.7. The molecule has 0 aliphatic rings. The van der Waals surface area contributed by atoms with Crippen LogP contribution in [0.3, 0.4) is 0 Å². The number of anilines is 1. The maximum Gasteiger partial charge on any atom is 0.287 e. The minimum Gasteiger partial charge on any atom is -0.455 e. The van der Waals surface area contributed by atoms with Gasteiger partial charge in [-0.1, -0.05) is 30.3 Å². The van der Waals surface area contributed by atoms with Crippen molar-refractivity contribution >= 4 is 21.4 Å². The predicted molar refractivity (Wildman–Crippen MR) is 113 cm³/mol. The number of nitrogens with one attached hydrogen (secondary N) is 1. The SMILES string of the molecule is CN(C)c1ccc(CNC(=O)c2ccc(CS(=O)(=O)Cc3ccccc3F)o2)cc1. The number of rotatable bonds is 8. The van der Waals surface area contributed by atoms with Gasteiger partial charge in [0.05, 0.1) is 5.75 Å². The van der Waals surface area contributed by atoms with Gasteiger partial charge in [0, 0.05) is 31.9 Å². The highest BCUT2D eigenvalue weighted by Gasteiger charge is 2.19. The Morgan fingerprint density at radius 3 is 2.37 bits per heavy atom. The molecule has 1 amide bonds. The molecule has 0 radical (unpaired) electrons. The molecule has 30 heavy (non-hydrogen) atoms. The Morgan fingerprint density at radius 2 is 1.70 bits per heavy atom. The lowest BCUT2D eigenvalue weighted by Crippen LogP contribution is -2.22. The lowest BCUT2D eigenvalue weighted by molar-refractivity contribution is 0.0921. The normalized spacial score (nSPS) is 11.3. The van der Waals surface area contributed by atoms with E-state index < -0.39 is 33.1 Å². The number of hydrogen-bond acceptors (Lipinski definition) is 5. The number of furan rings is 1. The van der Waals surface area contributed by atoms with Crippen LogP contribution in [0.25, 0.3) is 0 Å². The number of halogens is 1. The van der Waals surface area contributed by atoms with E-state index in [2.05, 4.69) is 5.32 Å². The van der Waals surface area contributed by atoms with E-state index in [0.717, 1.165) is 11.3 Å². The minimum absolute atomic E-state index is 0.0241. The molecule has 158 valence electrons. The van der Waals surface area contributed by atoms with Crippen molar-refractivity contribution in [3.63, 3.8) is 0 Å². The van der Waals surface area contributed by atoms with E-state index in [1.54, 1.807) is 6.07 Å². The summed E-state index contributed by atoms with van der Waals surface area (Å²) in [6, 6.07) is 16.3. The molecule has 0 bridgehead atoms. The molecule has 1 heterocycles. The molecule has 3 rings (SSSR count). The van der Waals surface area contributed by atoms with E-state index in [1.807, 2.05) is 43.3 Å². The van der Waals surface area contributed by atoms with Gasteiger partial charge in [0.1, 0.15) is 17.3 Å². The molecule has 0 aliphatic carbocycles.